The highest BCUT2D eigenvalue weighted by Crippen LogP contribution is 2.39. The van der Waals surface area contributed by atoms with Gasteiger partial charge in [0.25, 0.3) is 0 Å². The molecule has 42 heavy (non-hydrogen) atoms. The van der Waals surface area contributed by atoms with Crippen molar-refractivity contribution in [3.05, 3.63) is 71.8 Å². The Hall–Kier alpha value is -4.59. The molecule has 1 aliphatic heterocycles. The van der Waals surface area contributed by atoms with Gasteiger partial charge < -0.3 is 30.7 Å². The quantitative estimate of drug-likeness (QED) is 0.198. The van der Waals surface area contributed by atoms with Crippen LogP contribution in [0.5, 0.6) is 5.75 Å². The van der Waals surface area contributed by atoms with Crippen molar-refractivity contribution in [1.82, 2.24) is 14.5 Å². The molecule has 0 aliphatic carbocycles. The molecule has 1 atom stereocenters. The molecule has 2 heterocycles. The highest BCUT2D eigenvalue weighted by molar-refractivity contribution is 6.31. The molecule has 222 valence electrons. The normalized spacial score (nSPS) is 15.0. The van der Waals surface area contributed by atoms with E-state index in [9.17, 15) is 18.8 Å². The Morgan fingerprint density at radius 3 is 2.48 bits per heavy atom. The number of benzene rings is 2. The average Bonchev–Trinajstić information content (AvgIpc) is 3.42. The number of fused-ring (bicyclic) bond motifs is 1. The molecule has 5 N–H and O–H groups in total. The number of carbonyl (C=O) groups is 3. The topological polar surface area (TPSA) is 174 Å². The number of carboxylic acid groups (broad SMARTS) is 2. The number of quaternary nitrogens is 1. The lowest BCUT2D eigenvalue weighted by atomic mass is 10.1. The average molecular weight is 603 g/mol. The maximum absolute atomic E-state index is 13.6. The van der Waals surface area contributed by atoms with Crippen molar-refractivity contribution in [2.24, 2.45) is 5.73 Å². The Morgan fingerprint density at radius 1 is 1.17 bits per heavy atom. The Balaban J connectivity index is 0.000000531. The van der Waals surface area contributed by atoms with Crippen molar-refractivity contribution in [2.45, 2.75) is 12.5 Å². The molecule has 0 bridgehead atoms. The second kappa shape index (κ2) is 14.3. The van der Waals surface area contributed by atoms with Gasteiger partial charge in [-0.15, -0.1) is 0 Å². The number of nitrogens with one attached hydrogen (secondary N) is 1. The van der Waals surface area contributed by atoms with Crippen LogP contribution in [0, 0.1) is 5.82 Å². The van der Waals surface area contributed by atoms with Crippen LogP contribution in [0.2, 0.25) is 5.02 Å². The van der Waals surface area contributed by atoms with Gasteiger partial charge in [-0.25, -0.2) is 23.9 Å². The number of carbonyl (C=O) groups excluding carboxylic acids is 1. The standard InChI is InChI=1S/C24H25ClFN5O3.C4H4O4/c1-31(2,8-3-4-23(27)32)21-11-17-20(12-22(21)34-16-7-9-33-13-16)28-14-29-24(17)30-15-5-6-19(26)18(25)10-15;5-3(6)1-2-4(7)8/h3-6,10-12,14,16H,7-9,13H2,1-2H3,(H2-,27,28,29,30,32);1-2H,(H,5,6)(H,7,8)/p+1/b4-3+;2-1-/t16-;/m0./s1. The predicted octanol–water partition coefficient (Wildman–Crippen LogP) is 3.65. The number of anilines is 2. The molecule has 1 aliphatic rings. The van der Waals surface area contributed by atoms with E-state index in [1.165, 1.54) is 24.5 Å². The number of hydrogen-bond donors (Lipinski definition) is 4. The third-order valence-electron chi connectivity index (χ3n) is 5.94. The minimum atomic E-state index is -1.26. The van der Waals surface area contributed by atoms with Gasteiger partial charge in [0.1, 0.15) is 30.6 Å². The molecule has 1 aromatic heterocycles. The van der Waals surface area contributed by atoms with E-state index in [1.54, 1.807) is 12.1 Å². The van der Waals surface area contributed by atoms with Crippen molar-refractivity contribution in [3.63, 3.8) is 0 Å². The third kappa shape index (κ3) is 9.23. The van der Waals surface area contributed by atoms with Gasteiger partial charge in [-0.05, 0) is 24.3 Å². The molecule has 1 fully saturated rings. The summed E-state index contributed by atoms with van der Waals surface area (Å²) in [6.45, 7) is 1.67. The van der Waals surface area contributed by atoms with E-state index in [-0.39, 0.29) is 11.1 Å². The molecule has 1 amide bonds. The van der Waals surface area contributed by atoms with E-state index in [2.05, 4.69) is 15.3 Å². The van der Waals surface area contributed by atoms with Crippen LogP contribution in [-0.2, 0) is 19.1 Å². The lowest BCUT2D eigenvalue weighted by molar-refractivity contribution is -0.134. The van der Waals surface area contributed by atoms with E-state index < -0.39 is 23.7 Å². The fourth-order valence-corrected chi connectivity index (χ4v) is 4.09. The summed E-state index contributed by atoms with van der Waals surface area (Å²) < 4.78 is 25.8. The van der Waals surface area contributed by atoms with E-state index >= 15 is 0 Å². The van der Waals surface area contributed by atoms with Crippen LogP contribution in [0.15, 0.2) is 61.0 Å². The first-order valence-electron chi connectivity index (χ1n) is 12.5. The minimum absolute atomic E-state index is 0.0116. The van der Waals surface area contributed by atoms with Gasteiger partial charge in [0.2, 0.25) is 5.91 Å². The Morgan fingerprint density at radius 2 is 1.88 bits per heavy atom. The summed E-state index contributed by atoms with van der Waals surface area (Å²) in [5.41, 5.74) is 7.39. The molecule has 12 nitrogen and oxygen atoms in total. The van der Waals surface area contributed by atoms with Crippen LogP contribution in [-0.4, -0.2) is 78.0 Å². The molecule has 2 aromatic carbocycles. The predicted molar refractivity (Wildman–Crippen MR) is 155 cm³/mol. The molecule has 14 heteroatoms. The number of ether oxygens (including phenoxy) is 2. The van der Waals surface area contributed by atoms with E-state index in [4.69, 9.17) is 37.0 Å². The fourth-order valence-electron chi connectivity index (χ4n) is 3.91. The number of halogens is 2. The lowest BCUT2D eigenvalue weighted by Gasteiger charge is -2.30. The molecule has 3 aromatic rings. The summed E-state index contributed by atoms with van der Waals surface area (Å²) >= 11 is 5.94. The molecule has 4 rings (SSSR count). The number of rotatable bonds is 10. The van der Waals surface area contributed by atoms with Gasteiger partial charge in [-0.3, -0.25) is 9.28 Å². The van der Waals surface area contributed by atoms with Crippen LogP contribution < -0.4 is 20.3 Å². The van der Waals surface area contributed by atoms with E-state index in [0.717, 1.165) is 17.5 Å². The number of nitrogens with two attached hydrogens (primary N) is 1. The fraction of sp³-hybridized carbons (Fsp3) is 0.250. The Kier molecular flexibility index (Phi) is 10.9. The van der Waals surface area contributed by atoms with Crippen LogP contribution in [0.4, 0.5) is 21.6 Å². The zero-order valence-corrected chi connectivity index (χ0v) is 23.5. The highest BCUT2D eigenvalue weighted by atomic mass is 35.5. The van der Waals surface area contributed by atoms with Gasteiger partial charge in [-0.2, -0.15) is 0 Å². The lowest BCUT2D eigenvalue weighted by Crippen LogP contribution is -2.41. The molecular formula is C28H30ClFN5O7+. The Labute approximate surface area is 245 Å². The summed E-state index contributed by atoms with van der Waals surface area (Å²) in [4.78, 5) is 39.1. The zero-order valence-electron chi connectivity index (χ0n) is 22.8. The first-order chi connectivity index (χ1) is 19.9. The molecule has 0 spiro atoms. The van der Waals surface area contributed by atoms with Gasteiger partial charge in [-0.1, -0.05) is 11.6 Å². The van der Waals surface area contributed by atoms with Gasteiger partial charge in [0.05, 0.1) is 37.8 Å². The molecule has 0 saturated carbocycles. The number of hydrogen-bond acceptors (Lipinski definition) is 8. The second-order valence-corrected chi connectivity index (χ2v) is 10.0. The summed E-state index contributed by atoms with van der Waals surface area (Å²) in [7, 11) is 4.00. The number of aliphatic carboxylic acids is 2. The smallest absolute Gasteiger partial charge is 0.328 e. The highest BCUT2D eigenvalue weighted by Gasteiger charge is 2.28. The summed E-state index contributed by atoms with van der Waals surface area (Å²) in [5.74, 6) is -2.30. The number of carboxylic acids is 2. The number of nitrogens with zero attached hydrogens (tertiary/aromatic N) is 3. The summed E-state index contributed by atoms with van der Waals surface area (Å²) in [6, 6.07) is 8.22. The van der Waals surface area contributed by atoms with Crippen molar-refractivity contribution in [1.29, 1.82) is 0 Å². The number of amides is 1. The second-order valence-electron chi connectivity index (χ2n) is 9.60. The third-order valence-corrected chi connectivity index (χ3v) is 6.23. The SMILES string of the molecule is C[N+](C)(C/C=C/C(N)=O)c1cc2c(Nc3ccc(F)c(Cl)c3)ncnc2cc1O[C@H]1CCOC1.O=C(O)/C=C\C(=O)O. The maximum atomic E-state index is 13.6. The van der Waals surface area contributed by atoms with Crippen LogP contribution >= 0.6 is 11.6 Å². The van der Waals surface area contributed by atoms with Crippen molar-refractivity contribution >= 4 is 57.5 Å². The van der Waals surface area contributed by atoms with Gasteiger partial charge >= 0.3 is 11.9 Å². The molecular weight excluding hydrogens is 573 g/mol. The number of likely N-dealkylation sites (N-methyl/N-ethyl adjacent to an activating group) is 1. The molecule has 1 saturated heterocycles. The van der Waals surface area contributed by atoms with Crippen molar-refractivity contribution in [3.8, 4) is 5.75 Å². The zero-order chi connectivity index (χ0) is 30.9. The van der Waals surface area contributed by atoms with E-state index in [1.807, 2.05) is 26.2 Å². The first kappa shape index (κ1) is 31.9. The minimum Gasteiger partial charge on any atom is -0.482 e. The van der Waals surface area contributed by atoms with Crippen LogP contribution in [0.1, 0.15) is 6.42 Å². The number of aromatic nitrogens is 2. The van der Waals surface area contributed by atoms with Crippen LogP contribution in [0.25, 0.3) is 10.9 Å². The van der Waals surface area contributed by atoms with Crippen LogP contribution in [0.3, 0.4) is 0 Å². The number of primary amides is 1. The molecule has 0 unspecified atom stereocenters. The van der Waals surface area contributed by atoms with Crippen molar-refractivity contribution in [2.75, 3.05) is 39.2 Å². The van der Waals surface area contributed by atoms with Gasteiger partial charge in [0.15, 0.2) is 11.4 Å². The first-order valence-corrected chi connectivity index (χ1v) is 12.9. The summed E-state index contributed by atoms with van der Waals surface area (Å²) in [6.07, 6.45) is 6.39. The summed E-state index contributed by atoms with van der Waals surface area (Å²) in [5, 5.41) is 19.6. The molecule has 0 radical (unpaired) electrons. The van der Waals surface area contributed by atoms with E-state index in [0.29, 0.717) is 59.2 Å². The monoisotopic (exact) mass is 602 g/mol. The Bertz CT molecular complexity index is 1510. The van der Waals surface area contributed by atoms with Gasteiger partial charge in [0, 0.05) is 47.9 Å². The van der Waals surface area contributed by atoms with Crippen molar-refractivity contribution < 1.29 is 38.5 Å². The largest absolute Gasteiger partial charge is 0.482 e. The maximum Gasteiger partial charge on any atom is 0.328 e.